The van der Waals surface area contributed by atoms with Gasteiger partial charge in [-0.25, -0.2) is 4.39 Å². The van der Waals surface area contributed by atoms with Crippen LogP contribution in [-0.2, 0) is 6.54 Å². The monoisotopic (exact) mass is 375 g/mol. The summed E-state index contributed by atoms with van der Waals surface area (Å²) in [6, 6.07) is 14.8. The zero-order chi connectivity index (χ0) is 19.3. The van der Waals surface area contributed by atoms with E-state index in [0.29, 0.717) is 24.0 Å². The third kappa shape index (κ3) is 2.85. The molecular formula is C24H26FN3. The van der Waals surface area contributed by atoms with Gasteiger partial charge in [0.05, 0.1) is 5.56 Å². The van der Waals surface area contributed by atoms with Crippen molar-refractivity contribution < 1.29 is 4.39 Å². The second-order valence-corrected chi connectivity index (χ2v) is 8.68. The Hall–Kier alpha value is -2.22. The Bertz CT molecular complexity index is 943. The van der Waals surface area contributed by atoms with E-state index in [0.717, 1.165) is 24.1 Å². The first kappa shape index (κ1) is 17.8. The summed E-state index contributed by atoms with van der Waals surface area (Å²) in [6.07, 6.45) is 7.26. The van der Waals surface area contributed by atoms with Crippen LogP contribution in [0.3, 0.4) is 0 Å². The molecule has 3 nitrogen and oxygen atoms in total. The first-order valence-corrected chi connectivity index (χ1v) is 10.5. The summed E-state index contributed by atoms with van der Waals surface area (Å²) in [4.78, 5) is 2.62. The number of hydrogen-bond donors (Lipinski definition) is 1. The number of rotatable bonds is 4. The molecule has 2 bridgehead atoms. The Morgan fingerprint density at radius 1 is 1.14 bits per heavy atom. The van der Waals surface area contributed by atoms with Crippen molar-refractivity contribution in [1.82, 2.24) is 4.90 Å². The summed E-state index contributed by atoms with van der Waals surface area (Å²) < 4.78 is 14.3. The lowest BCUT2D eigenvalue weighted by Gasteiger charge is -2.32. The van der Waals surface area contributed by atoms with Crippen LogP contribution in [0.15, 0.2) is 36.4 Å². The van der Waals surface area contributed by atoms with E-state index in [1.54, 1.807) is 6.07 Å². The zero-order valence-electron chi connectivity index (χ0n) is 16.1. The van der Waals surface area contributed by atoms with E-state index in [-0.39, 0.29) is 5.56 Å². The molecule has 4 heteroatoms. The summed E-state index contributed by atoms with van der Waals surface area (Å²) in [5.74, 6) is 0.118. The van der Waals surface area contributed by atoms with Crippen molar-refractivity contribution >= 4 is 0 Å². The van der Waals surface area contributed by atoms with E-state index in [1.165, 1.54) is 49.3 Å². The molecule has 2 N–H and O–H groups in total. The van der Waals surface area contributed by atoms with Crippen LogP contribution in [0.4, 0.5) is 4.39 Å². The summed E-state index contributed by atoms with van der Waals surface area (Å²) in [7, 11) is 0. The molecule has 0 spiro atoms. The van der Waals surface area contributed by atoms with Gasteiger partial charge in [-0.15, -0.1) is 0 Å². The van der Waals surface area contributed by atoms with Crippen LogP contribution in [0, 0.1) is 17.1 Å². The molecule has 0 radical (unpaired) electrons. The van der Waals surface area contributed by atoms with Gasteiger partial charge < -0.3 is 5.73 Å². The Morgan fingerprint density at radius 2 is 2.00 bits per heavy atom. The van der Waals surface area contributed by atoms with E-state index in [2.05, 4.69) is 23.1 Å². The van der Waals surface area contributed by atoms with E-state index < -0.39 is 5.82 Å². The van der Waals surface area contributed by atoms with Gasteiger partial charge in [0.25, 0.3) is 0 Å². The molecule has 5 rings (SSSR count). The standard InChI is InChI=1S/C24H26FN3/c25-21-11-16(7-8-17(21)13-26)20-6-2-5-18(24(20)15-3-1-4-15)14-28-19-9-10-23(28)22(27)12-19/h2,5-8,11,15,19,22-23H,1,3-4,9-10,12,14,27H2/t19-,22+,23+/m1/s1. The Labute approximate surface area is 166 Å². The molecule has 28 heavy (non-hydrogen) atoms. The van der Waals surface area contributed by atoms with Crippen LogP contribution in [-0.4, -0.2) is 23.0 Å². The highest BCUT2D eigenvalue weighted by atomic mass is 19.1. The van der Waals surface area contributed by atoms with Crippen molar-refractivity contribution in [2.45, 2.75) is 69.1 Å². The van der Waals surface area contributed by atoms with Crippen molar-refractivity contribution in [2.24, 2.45) is 5.73 Å². The second kappa shape index (κ2) is 6.99. The number of nitrogens with zero attached hydrogens (tertiary/aromatic N) is 2. The summed E-state index contributed by atoms with van der Waals surface area (Å²) in [5, 5.41) is 9.04. The van der Waals surface area contributed by atoms with E-state index >= 15 is 0 Å². The minimum Gasteiger partial charge on any atom is -0.326 e. The highest BCUT2D eigenvalue weighted by Crippen LogP contribution is 2.45. The van der Waals surface area contributed by atoms with Gasteiger partial charge >= 0.3 is 0 Å². The highest BCUT2D eigenvalue weighted by Gasteiger charge is 2.44. The van der Waals surface area contributed by atoms with Gasteiger partial charge in [0.15, 0.2) is 0 Å². The number of fused-ring (bicyclic) bond motifs is 2. The summed E-state index contributed by atoms with van der Waals surface area (Å²) in [6.45, 7) is 0.946. The molecule has 0 aromatic heterocycles. The number of nitrogens with two attached hydrogens (primary N) is 1. The molecule has 1 saturated carbocycles. The largest absolute Gasteiger partial charge is 0.326 e. The van der Waals surface area contributed by atoms with E-state index in [4.69, 9.17) is 11.0 Å². The van der Waals surface area contributed by atoms with Crippen LogP contribution in [0.2, 0.25) is 0 Å². The summed E-state index contributed by atoms with van der Waals surface area (Å²) in [5.41, 5.74) is 11.2. The SMILES string of the molecule is N#Cc1ccc(-c2cccc(CN3[C@@H]4CC[C@H]3[C@@H](N)C4)c2C2CCC2)cc1F. The molecule has 1 aliphatic carbocycles. The number of benzene rings is 2. The molecule has 144 valence electrons. The fourth-order valence-electron chi connectivity index (χ4n) is 5.55. The van der Waals surface area contributed by atoms with E-state index in [1.807, 2.05) is 12.1 Å². The molecule has 0 amide bonds. The maximum absolute atomic E-state index is 14.3. The number of halogens is 1. The van der Waals surface area contributed by atoms with E-state index in [9.17, 15) is 4.39 Å². The zero-order valence-corrected chi connectivity index (χ0v) is 16.1. The van der Waals surface area contributed by atoms with Crippen molar-refractivity contribution in [3.63, 3.8) is 0 Å². The molecule has 2 aromatic carbocycles. The predicted molar refractivity (Wildman–Crippen MR) is 108 cm³/mol. The van der Waals surface area contributed by atoms with Crippen molar-refractivity contribution in [3.05, 3.63) is 58.9 Å². The molecule has 2 aliphatic heterocycles. The molecule has 0 unspecified atom stereocenters. The van der Waals surface area contributed by atoms with Crippen molar-refractivity contribution in [3.8, 4) is 17.2 Å². The Kier molecular flexibility index (Phi) is 4.45. The maximum atomic E-state index is 14.3. The highest BCUT2D eigenvalue weighted by molar-refractivity contribution is 5.70. The first-order valence-electron chi connectivity index (χ1n) is 10.5. The average molecular weight is 375 g/mol. The van der Waals surface area contributed by atoms with Crippen molar-refractivity contribution in [1.29, 1.82) is 5.26 Å². The molecular weight excluding hydrogens is 349 g/mol. The Morgan fingerprint density at radius 3 is 2.61 bits per heavy atom. The quantitative estimate of drug-likeness (QED) is 0.843. The van der Waals surface area contributed by atoms with Gasteiger partial charge in [0.1, 0.15) is 11.9 Å². The molecule has 3 fully saturated rings. The third-order valence-corrected chi connectivity index (χ3v) is 7.19. The van der Waals surface area contributed by atoms with Crippen LogP contribution in [0.5, 0.6) is 0 Å². The number of nitriles is 1. The summed E-state index contributed by atoms with van der Waals surface area (Å²) >= 11 is 0. The van der Waals surface area contributed by atoms with Gasteiger partial charge in [0.2, 0.25) is 0 Å². The van der Waals surface area contributed by atoms with Crippen LogP contribution in [0.25, 0.3) is 11.1 Å². The maximum Gasteiger partial charge on any atom is 0.141 e. The second-order valence-electron chi connectivity index (χ2n) is 8.68. The molecule has 2 saturated heterocycles. The third-order valence-electron chi connectivity index (χ3n) is 7.19. The van der Waals surface area contributed by atoms with Crippen molar-refractivity contribution in [2.75, 3.05) is 0 Å². The lowest BCUT2D eigenvalue weighted by atomic mass is 9.75. The predicted octanol–water partition coefficient (Wildman–Crippen LogP) is 4.70. The fourth-order valence-corrected chi connectivity index (χ4v) is 5.55. The molecule has 3 atom stereocenters. The van der Waals surface area contributed by atoms with Gasteiger partial charge in [-0.05, 0) is 72.4 Å². The van der Waals surface area contributed by atoms with Crippen LogP contribution < -0.4 is 5.73 Å². The first-order chi connectivity index (χ1) is 13.7. The minimum absolute atomic E-state index is 0.104. The molecule has 2 aromatic rings. The smallest absolute Gasteiger partial charge is 0.141 e. The Balaban J connectivity index is 1.55. The van der Waals surface area contributed by atoms with Gasteiger partial charge in [-0.2, -0.15) is 5.26 Å². The molecule has 3 aliphatic rings. The van der Waals surface area contributed by atoms with Gasteiger partial charge in [-0.3, -0.25) is 4.90 Å². The van der Waals surface area contributed by atoms with Crippen LogP contribution >= 0.6 is 0 Å². The fraction of sp³-hybridized carbons (Fsp3) is 0.458. The number of hydrogen-bond acceptors (Lipinski definition) is 3. The van der Waals surface area contributed by atoms with Gasteiger partial charge in [-0.1, -0.05) is 30.7 Å². The average Bonchev–Trinajstić information content (AvgIpc) is 3.17. The topological polar surface area (TPSA) is 53.0 Å². The minimum atomic E-state index is -0.437. The lowest BCUT2D eigenvalue weighted by molar-refractivity contribution is 0.237. The lowest BCUT2D eigenvalue weighted by Crippen LogP contribution is -2.36. The normalized spacial score (nSPS) is 27.0. The van der Waals surface area contributed by atoms with Crippen LogP contribution in [0.1, 0.15) is 61.1 Å². The molecule has 2 heterocycles. The van der Waals surface area contributed by atoms with Gasteiger partial charge in [0, 0.05) is 24.7 Å².